The lowest BCUT2D eigenvalue weighted by Gasteiger charge is -2.27. The molecule has 0 bridgehead atoms. The summed E-state index contributed by atoms with van der Waals surface area (Å²) in [6.07, 6.45) is 4.44. The van der Waals surface area contributed by atoms with Crippen LogP contribution < -0.4 is 10.6 Å². The molecular weight excluding hydrogens is 480 g/mol. The number of carboxylic acids is 1. The van der Waals surface area contributed by atoms with E-state index in [-0.39, 0.29) is 28.7 Å². The minimum Gasteiger partial charge on any atom is -0.478 e. The number of halogens is 1. The minimum atomic E-state index is -1.06. The van der Waals surface area contributed by atoms with Gasteiger partial charge in [-0.05, 0) is 55.3 Å². The van der Waals surface area contributed by atoms with Gasteiger partial charge in [-0.2, -0.15) is 0 Å². The summed E-state index contributed by atoms with van der Waals surface area (Å²) < 4.78 is 0. The summed E-state index contributed by atoms with van der Waals surface area (Å²) >= 11 is 6.14. The molecule has 3 aromatic rings. The first kappa shape index (κ1) is 24.9. The highest BCUT2D eigenvalue weighted by Gasteiger charge is 2.34. The third-order valence-corrected chi connectivity index (χ3v) is 6.26. The number of nitrogens with one attached hydrogen (secondary N) is 2. The first-order valence-electron chi connectivity index (χ1n) is 11.3. The van der Waals surface area contributed by atoms with E-state index in [0.29, 0.717) is 34.8 Å². The predicted molar refractivity (Wildman–Crippen MR) is 137 cm³/mol. The quantitative estimate of drug-likeness (QED) is 0.294. The third kappa shape index (κ3) is 5.70. The second-order valence-corrected chi connectivity index (χ2v) is 8.84. The molecule has 1 aliphatic rings. The molecule has 36 heavy (non-hydrogen) atoms. The minimum absolute atomic E-state index is 0.106. The van der Waals surface area contributed by atoms with Gasteiger partial charge in [-0.15, -0.1) is 0 Å². The smallest absolute Gasteiger partial charge is 0.335 e. The molecule has 3 aromatic carbocycles. The number of carboxylic acid groups (broad SMARTS) is 1. The van der Waals surface area contributed by atoms with Crippen LogP contribution in [0.2, 0.25) is 5.02 Å². The summed E-state index contributed by atoms with van der Waals surface area (Å²) in [5.41, 5.74) is 1.58. The highest BCUT2D eigenvalue weighted by atomic mass is 35.5. The second-order valence-electron chi connectivity index (χ2n) is 8.40. The Labute approximate surface area is 212 Å². The van der Waals surface area contributed by atoms with Gasteiger partial charge in [-0.25, -0.2) is 4.79 Å². The number of carbonyl (C=O) groups excluding carboxylic acids is 3. The van der Waals surface area contributed by atoms with Crippen LogP contribution in [0.1, 0.15) is 39.1 Å². The van der Waals surface area contributed by atoms with Crippen LogP contribution in [0.5, 0.6) is 0 Å². The normalized spacial score (nSPS) is 16.7. The maximum atomic E-state index is 13.3. The van der Waals surface area contributed by atoms with Crippen molar-refractivity contribution in [3.63, 3.8) is 0 Å². The topological polar surface area (TPSA) is 113 Å². The fraction of sp³-hybridized carbons (Fsp3) is 0.143. The van der Waals surface area contributed by atoms with Crippen LogP contribution in [0.4, 0.5) is 11.4 Å². The molecule has 2 atom stereocenters. The number of aromatic carboxylic acids is 1. The molecule has 0 radical (unpaired) electrons. The number of hydrogen-bond acceptors (Lipinski definition) is 4. The Balaban J connectivity index is 1.52. The highest BCUT2D eigenvalue weighted by molar-refractivity contribution is 6.31. The van der Waals surface area contributed by atoms with Crippen molar-refractivity contribution in [3.05, 3.63) is 107 Å². The fourth-order valence-electron chi connectivity index (χ4n) is 4.11. The zero-order valence-electron chi connectivity index (χ0n) is 19.1. The van der Waals surface area contributed by atoms with Crippen molar-refractivity contribution in [2.75, 3.05) is 10.6 Å². The molecule has 2 unspecified atom stereocenters. The lowest BCUT2D eigenvalue weighted by molar-refractivity contribution is -0.129. The molecule has 0 saturated heterocycles. The Bertz CT molecular complexity index is 1340. The standard InChI is InChI=1S/C28H23ClN2O5/c29-19-12-15-24(23(16-19)25(32)17-6-2-1-3-7-17)31-27(34)22-9-5-4-8-21(22)26(33)30-20-13-10-18(11-14-20)28(35)36/h1-7,10-16,21-22H,8-9H2,(H,30,33)(H,31,34)(H,35,36). The summed E-state index contributed by atoms with van der Waals surface area (Å²) in [6.45, 7) is 0. The molecule has 182 valence electrons. The summed E-state index contributed by atoms with van der Waals surface area (Å²) in [5, 5.41) is 15.0. The lowest BCUT2D eigenvalue weighted by atomic mass is 9.81. The number of ketones is 1. The van der Waals surface area contributed by atoms with E-state index < -0.39 is 17.8 Å². The van der Waals surface area contributed by atoms with Crippen molar-refractivity contribution in [1.82, 2.24) is 0 Å². The number of amides is 2. The van der Waals surface area contributed by atoms with Gasteiger partial charge in [-0.3, -0.25) is 14.4 Å². The van der Waals surface area contributed by atoms with E-state index in [0.717, 1.165) is 0 Å². The summed E-state index contributed by atoms with van der Waals surface area (Å²) in [4.78, 5) is 50.5. The molecular formula is C28H23ClN2O5. The lowest BCUT2D eigenvalue weighted by Crippen LogP contribution is -2.37. The van der Waals surface area contributed by atoms with Crippen LogP contribution in [0, 0.1) is 11.8 Å². The van der Waals surface area contributed by atoms with Gasteiger partial charge >= 0.3 is 5.97 Å². The van der Waals surface area contributed by atoms with E-state index >= 15 is 0 Å². The Morgan fingerprint density at radius 2 is 1.36 bits per heavy atom. The molecule has 0 fully saturated rings. The van der Waals surface area contributed by atoms with Gasteiger partial charge in [0.25, 0.3) is 0 Å². The molecule has 4 rings (SSSR count). The fourth-order valence-corrected chi connectivity index (χ4v) is 4.28. The van der Waals surface area contributed by atoms with Crippen LogP contribution in [-0.4, -0.2) is 28.7 Å². The van der Waals surface area contributed by atoms with Crippen molar-refractivity contribution in [2.45, 2.75) is 12.8 Å². The molecule has 0 aromatic heterocycles. The van der Waals surface area contributed by atoms with Gasteiger partial charge in [0.1, 0.15) is 0 Å². The number of benzene rings is 3. The molecule has 7 nitrogen and oxygen atoms in total. The van der Waals surface area contributed by atoms with Gasteiger partial charge in [0, 0.05) is 21.8 Å². The number of rotatable bonds is 7. The highest BCUT2D eigenvalue weighted by Crippen LogP contribution is 2.30. The zero-order chi connectivity index (χ0) is 25.7. The van der Waals surface area contributed by atoms with E-state index in [2.05, 4.69) is 10.6 Å². The SMILES string of the molecule is O=C(O)c1ccc(NC(=O)C2CC=CCC2C(=O)Nc2ccc(Cl)cc2C(=O)c2ccccc2)cc1. The zero-order valence-corrected chi connectivity index (χ0v) is 19.9. The van der Waals surface area contributed by atoms with E-state index in [9.17, 15) is 19.2 Å². The van der Waals surface area contributed by atoms with Gasteiger partial charge in [0.05, 0.1) is 23.1 Å². The van der Waals surface area contributed by atoms with Crippen LogP contribution >= 0.6 is 11.6 Å². The van der Waals surface area contributed by atoms with Gasteiger partial charge < -0.3 is 15.7 Å². The molecule has 0 heterocycles. The molecule has 3 N–H and O–H groups in total. The van der Waals surface area contributed by atoms with Crippen molar-refractivity contribution >= 4 is 46.5 Å². The summed E-state index contributed by atoms with van der Waals surface area (Å²) in [5.74, 6) is -3.38. The maximum Gasteiger partial charge on any atom is 0.335 e. The summed E-state index contributed by atoms with van der Waals surface area (Å²) in [6, 6.07) is 19.2. The van der Waals surface area contributed by atoms with Crippen molar-refractivity contribution in [3.8, 4) is 0 Å². The second kappa shape index (κ2) is 11.0. The first-order chi connectivity index (χ1) is 17.3. The molecule has 0 spiro atoms. The Kier molecular flexibility index (Phi) is 7.61. The van der Waals surface area contributed by atoms with Crippen molar-refractivity contribution in [1.29, 1.82) is 0 Å². The van der Waals surface area contributed by atoms with E-state index in [1.165, 1.54) is 30.3 Å². The predicted octanol–water partition coefficient (Wildman–Crippen LogP) is 5.43. The first-order valence-corrected chi connectivity index (χ1v) is 11.7. The molecule has 0 saturated carbocycles. The van der Waals surface area contributed by atoms with E-state index in [4.69, 9.17) is 16.7 Å². The Hall–Kier alpha value is -4.23. The number of carbonyl (C=O) groups is 4. The van der Waals surface area contributed by atoms with Gasteiger partial charge in [-0.1, -0.05) is 54.1 Å². The van der Waals surface area contributed by atoms with Crippen LogP contribution in [-0.2, 0) is 9.59 Å². The number of hydrogen-bond donors (Lipinski definition) is 3. The van der Waals surface area contributed by atoms with E-state index in [1.807, 2.05) is 12.2 Å². The van der Waals surface area contributed by atoms with Gasteiger partial charge in [0.15, 0.2) is 5.78 Å². The van der Waals surface area contributed by atoms with Crippen molar-refractivity contribution < 1.29 is 24.3 Å². The molecule has 1 aliphatic carbocycles. The molecule has 2 amide bonds. The maximum absolute atomic E-state index is 13.3. The van der Waals surface area contributed by atoms with Gasteiger partial charge in [0.2, 0.25) is 11.8 Å². The largest absolute Gasteiger partial charge is 0.478 e. The Morgan fingerprint density at radius 3 is 1.97 bits per heavy atom. The molecule has 8 heteroatoms. The average molecular weight is 503 g/mol. The van der Waals surface area contributed by atoms with Crippen LogP contribution in [0.3, 0.4) is 0 Å². The van der Waals surface area contributed by atoms with Crippen molar-refractivity contribution in [2.24, 2.45) is 11.8 Å². The van der Waals surface area contributed by atoms with Crippen LogP contribution in [0.15, 0.2) is 84.9 Å². The van der Waals surface area contributed by atoms with Crippen LogP contribution in [0.25, 0.3) is 0 Å². The third-order valence-electron chi connectivity index (χ3n) is 6.03. The Morgan fingerprint density at radius 1 is 0.750 bits per heavy atom. The monoisotopic (exact) mass is 502 g/mol. The van der Waals surface area contributed by atoms with E-state index in [1.54, 1.807) is 42.5 Å². The number of anilines is 2. The molecule has 0 aliphatic heterocycles. The summed E-state index contributed by atoms with van der Waals surface area (Å²) in [7, 11) is 0. The average Bonchev–Trinajstić information content (AvgIpc) is 2.90. The number of allylic oxidation sites excluding steroid dienone is 2.